The molecule has 1 aromatic heterocycles. The molecule has 146 valence electrons. The van der Waals surface area contributed by atoms with Gasteiger partial charge in [-0.15, -0.1) is 0 Å². The molecule has 2 fully saturated rings. The maximum Gasteiger partial charge on any atom is 0.227 e. The van der Waals surface area contributed by atoms with Crippen molar-refractivity contribution in [1.82, 2.24) is 14.8 Å². The smallest absolute Gasteiger partial charge is 0.227 e. The van der Waals surface area contributed by atoms with Crippen LogP contribution >= 0.6 is 0 Å². The van der Waals surface area contributed by atoms with Gasteiger partial charge in [0.2, 0.25) is 5.91 Å². The lowest BCUT2D eigenvalue weighted by Crippen LogP contribution is -2.66. The van der Waals surface area contributed by atoms with Gasteiger partial charge < -0.3 is 14.6 Å². The van der Waals surface area contributed by atoms with E-state index in [1.807, 2.05) is 25.4 Å². The Morgan fingerprint density at radius 1 is 1.26 bits per heavy atom. The second kappa shape index (κ2) is 7.64. The Morgan fingerprint density at radius 2 is 2.00 bits per heavy atom. The Bertz CT molecular complexity index is 792. The van der Waals surface area contributed by atoms with E-state index in [4.69, 9.17) is 4.74 Å². The number of nitrogens with zero attached hydrogens (tertiary/aromatic N) is 2. The van der Waals surface area contributed by atoms with Gasteiger partial charge >= 0.3 is 0 Å². The summed E-state index contributed by atoms with van der Waals surface area (Å²) in [5.41, 5.74) is 2.20. The van der Waals surface area contributed by atoms with Crippen molar-refractivity contribution >= 4 is 16.8 Å². The molecule has 5 nitrogen and oxygen atoms in total. The highest BCUT2D eigenvalue weighted by molar-refractivity contribution is 5.88. The first-order valence-corrected chi connectivity index (χ1v) is 10.2. The molecule has 0 saturated carbocycles. The minimum Gasteiger partial charge on any atom is -0.378 e. The molecule has 5 heteroatoms. The first-order valence-electron chi connectivity index (χ1n) is 10.2. The van der Waals surface area contributed by atoms with E-state index in [-0.39, 0.29) is 5.91 Å². The van der Waals surface area contributed by atoms with E-state index in [9.17, 15) is 4.79 Å². The third-order valence-electron chi connectivity index (χ3n) is 6.51. The van der Waals surface area contributed by atoms with E-state index >= 15 is 0 Å². The first kappa shape index (κ1) is 18.5. The second-order valence-electron chi connectivity index (χ2n) is 8.31. The van der Waals surface area contributed by atoms with E-state index in [1.165, 1.54) is 0 Å². The summed E-state index contributed by atoms with van der Waals surface area (Å²) in [4.78, 5) is 20.7. The molecule has 3 heterocycles. The van der Waals surface area contributed by atoms with Gasteiger partial charge in [0.25, 0.3) is 0 Å². The van der Waals surface area contributed by atoms with Crippen LogP contribution in [-0.4, -0.2) is 65.6 Å². The van der Waals surface area contributed by atoms with Gasteiger partial charge in [-0.25, -0.2) is 0 Å². The van der Waals surface area contributed by atoms with Crippen LogP contribution in [0.25, 0.3) is 10.9 Å². The van der Waals surface area contributed by atoms with E-state index in [2.05, 4.69) is 40.8 Å². The normalized spacial score (nSPS) is 24.5. The number of aromatic nitrogens is 1. The number of benzene rings is 1. The second-order valence-corrected chi connectivity index (χ2v) is 8.31. The van der Waals surface area contributed by atoms with Gasteiger partial charge in [-0.1, -0.05) is 18.2 Å². The van der Waals surface area contributed by atoms with E-state index < -0.39 is 0 Å². The van der Waals surface area contributed by atoms with Gasteiger partial charge in [-0.2, -0.15) is 0 Å². The largest absolute Gasteiger partial charge is 0.378 e. The topological polar surface area (TPSA) is 48.6 Å². The molecule has 0 spiro atoms. The molecule has 2 aliphatic rings. The number of para-hydroxylation sites is 1. The Hall–Kier alpha value is -1.85. The van der Waals surface area contributed by atoms with E-state index in [1.54, 1.807) is 0 Å². The molecule has 0 unspecified atom stereocenters. The van der Waals surface area contributed by atoms with Crippen LogP contribution in [0.1, 0.15) is 32.3 Å². The summed E-state index contributed by atoms with van der Waals surface area (Å²) in [5, 5.41) is 1.16. The molecule has 1 amide bonds. The summed E-state index contributed by atoms with van der Waals surface area (Å²) in [7, 11) is 1.83. The monoisotopic (exact) mass is 369 g/mol. The van der Waals surface area contributed by atoms with Crippen LogP contribution in [0.15, 0.2) is 30.5 Å². The predicted molar refractivity (Wildman–Crippen MR) is 108 cm³/mol. The number of aromatic amines is 1. The molecule has 2 aromatic rings. The number of ether oxygens (including phenoxy) is 1. The highest BCUT2D eigenvalue weighted by Gasteiger charge is 2.45. The van der Waals surface area contributed by atoms with Crippen molar-refractivity contribution in [2.75, 3.05) is 26.7 Å². The maximum atomic E-state index is 12.8. The molecular weight excluding hydrogens is 338 g/mol. The van der Waals surface area contributed by atoms with Gasteiger partial charge in [-0.05, 0) is 44.2 Å². The number of methoxy groups -OCH3 is 1. The molecule has 4 rings (SSSR count). The molecule has 2 atom stereocenters. The van der Waals surface area contributed by atoms with Crippen LogP contribution in [-0.2, 0) is 16.0 Å². The number of amides is 1. The van der Waals surface area contributed by atoms with Crippen LogP contribution in [0.4, 0.5) is 0 Å². The lowest BCUT2D eigenvalue weighted by Gasteiger charge is -2.54. The molecule has 2 saturated heterocycles. The van der Waals surface area contributed by atoms with Gasteiger partial charge in [0, 0.05) is 55.9 Å². The van der Waals surface area contributed by atoms with E-state index in [0.29, 0.717) is 30.5 Å². The van der Waals surface area contributed by atoms with Crippen LogP contribution in [0.3, 0.4) is 0 Å². The summed E-state index contributed by atoms with van der Waals surface area (Å²) < 4.78 is 5.69. The molecule has 0 aliphatic carbocycles. The zero-order chi connectivity index (χ0) is 19.0. The fraction of sp³-hybridized carbons (Fsp3) is 0.591. The standard InChI is InChI=1S/C22H31N3O2/c1-15(2)25-14-20(27-3)22(25)16-8-10-24(11-9-16)21(26)12-17-13-23-19-7-5-4-6-18(17)19/h4-7,13,15-16,20,22-23H,8-12,14H2,1-3H3/t20-,22-/m0/s1. The molecule has 1 aromatic carbocycles. The number of piperidine rings is 1. The summed E-state index contributed by atoms with van der Waals surface area (Å²) in [6, 6.07) is 9.26. The maximum absolute atomic E-state index is 12.8. The lowest BCUT2D eigenvalue weighted by atomic mass is 9.79. The van der Waals surface area contributed by atoms with Crippen molar-refractivity contribution in [3.63, 3.8) is 0 Å². The van der Waals surface area contributed by atoms with Crippen LogP contribution < -0.4 is 0 Å². The fourth-order valence-corrected chi connectivity index (χ4v) is 4.90. The highest BCUT2D eigenvalue weighted by Crippen LogP contribution is 2.35. The van der Waals surface area contributed by atoms with Crippen molar-refractivity contribution in [3.05, 3.63) is 36.0 Å². The number of carbonyl (C=O) groups is 1. The fourth-order valence-electron chi connectivity index (χ4n) is 4.90. The zero-order valence-electron chi connectivity index (χ0n) is 16.6. The Kier molecular flexibility index (Phi) is 5.24. The highest BCUT2D eigenvalue weighted by atomic mass is 16.5. The number of H-pyrrole nitrogens is 1. The first-order chi connectivity index (χ1) is 13.1. The predicted octanol–water partition coefficient (Wildman–Crippen LogP) is 3.06. The third-order valence-corrected chi connectivity index (χ3v) is 6.51. The quantitative estimate of drug-likeness (QED) is 0.881. The average Bonchev–Trinajstić information content (AvgIpc) is 3.04. The van der Waals surface area contributed by atoms with Crippen molar-refractivity contribution in [1.29, 1.82) is 0 Å². The number of hydrogen-bond acceptors (Lipinski definition) is 3. The molecule has 1 N–H and O–H groups in total. The summed E-state index contributed by atoms with van der Waals surface area (Å²) in [6.45, 7) is 7.30. The van der Waals surface area contributed by atoms with Gasteiger partial charge in [0.1, 0.15) is 0 Å². The average molecular weight is 370 g/mol. The summed E-state index contributed by atoms with van der Waals surface area (Å²) in [5.74, 6) is 0.874. The molecule has 0 bridgehead atoms. The van der Waals surface area contributed by atoms with Crippen molar-refractivity contribution in [3.8, 4) is 0 Å². The molecule has 27 heavy (non-hydrogen) atoms. The zero-order valence-corrected chi connectivity index (χ0v) is 16.6. The number of hydrogen-bond donors (Lipinski definition) is 1. The Morgan fingerprint density at radius 3 is 2.70 bits per heavy atom. The minimum atomic E-state index is 0.246. The molecule has 0 radical (unpaired) electrons. The van der Waals surface area contributed by atoms with Crippen LogP contribution in [0, 0.1) is 5.92 Å². The van der Waals surface area contributed by atoms with E-state index in [0.717, 1.165) is 48.9 Å². The van der Waals surface area contributed by atoms with Crippen molar-refractivity contribution in [2.24, 2.45) is 5.92 Å². The van der Waals surface area contributed by atoms with Crippen molar-refractivity contribution in [2.45, 2.75) is 51.3 Å². The third kappa shape index (κ3) is 3.50. The summed E-state index contributed by atoms with van der Waals surface area (Å²) in [6.07, 6.45) is 4.97. The number of fused-ring (bicyclic) bond motifs is 1. The number of carbonyl (C=O) groups excluding carboxylic acids is 1. The number of nitrogens with one attached hydrogen (secondary N) is 1. The minimum absolute atomic E-state index is 0.246. The van der Waals surface area contributed by atoms with Crippen LogP contribution in [0.2, 0.25) is 0 Å². The Balaban J connectivity index is 1.35. The van der Waals surface area contributed by atoms with Gasteiger partial charge in [0.05, 0.1) is 12.5 Å². The molecule has 2 aliphatic heterocycles. The number of likely N-dealkylation sites (tertiary alicyclic amines) is 2. The number of rotatable bonds is 5. The SMILES string of the molecule is CO[C@H]1CN(C(C)C)[C@H]1C1CCN(C(=O)Cc2c[nH]c3ccccc23)CC1. The molecular formula is C22H31N3O2. The van der Waals surface area contributed by atoms with Crippen LogP contribution in [0.5, 0.6) is 0 Å². The van der Waals surface area contributed by atoms with Gasteiger partial charge in [-0.3, -0.25) is 9.69 Å². The van der Waals surface area contributed by atoms with Crippen molar-refractivity contribution < 1.29 is 9.53 Å². The van der Waals surface area contributed by atoms with Gasteiger partial charge in [0.15, 0.2) is 0 Å². The Labute approximate surface area is 161 Å². The lowest BCUT2D eigenvalue weighted by molar-refractivity contribution is -0.140. The summed E-state index contributed by atoms with van der Waals surface area (Å²) >= 11 is 0.